The summed E-state index contributed by atoms with van der Waals surface area (Å²) in [7, 11) is 0. The van der Waals surface area contributed by atoms with Crippen molar-refractivity contribution in [3.05, 3.63) is 34.4 Å². The van der Waals surface area contributed by atoms with Gasteiger partial charge in [0.1, 0.15) is 12.0 Å². The summed E-state index contributed by atoms with van der Waals surface area (Å²) in [6.45, 7) is 1.33. The summed E-state index contributed by atoms with van der Waals surface area (Å²) in [4.78, 5) is 15.5. The molecule has 15 heavy (non-hydrogen) atoms. The van der Waals surface area contributed by atoms with Crippen LogP contribution in [0.25, 0.3) is 0 Å². The first kappa shape index (κ1) is 12.5. The van der Waals surface area contributed by atoms with Crippen molar-refractivity contribution in [3.63, 3.8) is 0 Å². The molecule has 1 heterocycles. The number of halogens is 2. The maximum atomic E-state index is 10.9. The lowest BCUT2D eigenvalue weighted by atomic mass is 10.1. The van der Waals surface area contributed by atoms with Crippen molar-refractivity contribution in [2.45, 2.75) is 16.1 Å². The Morgan fingerprint density at radius 3 is 2.53 bits per heavy atom. The van der Waals surface area contributed by atoms with Gasteiger partial charge in [-0.1, -0.05) is 11.6 Å². The first-order valence-electron chi connectivity index (χ1n) is 3.81. The number of hydrogen-bond donors (Lipinski definition) is 1. The number of rotatable bonds is 3. The van der Waals surface area contributed by atoms with E-state index in [-0.39, 0.29) is 5.69 Å². The Balaban J connectivity index is 3.32. The molecule has 1 rings (SSSR count). The van der Waals surface area contributed by atoms with Gasteiger partial charge in [-0.25, -0.2) is 9.97 Å². The van der Waals surface area contributed by atoms with Crippen molar-refractivity contribution in [1.82, 2.24) is 9.97 Å². The Kier molecular flexibility index (Phi) is 3.42. The molecule has 0 amide bonds. The van der Waals surface area contributed by atoms with Crippen LogP contribution in [0.2, 0.25) is 0 Å². The van der Waals surface area contributed by atoms with Crippen molar-refractivity contribution in [2.24, 2.45) is 0 Å². The molecule has 1 aromatic heterocycles. The largest absolute Gasteiger partial charge is 0.364 e. The van der Waals surface area contributed by atoms with Crippen LogP contribution >= 0.6 is 35.8 Å². The molecule has 0 radical (unpaired) electrons. The van der Waals surface area contributed by atoms with Crippen molar-refractivity contribution in [1.29, 1.82) is 0 Å². The highest BCUT2D eigenvalue weighted by atomic mass is 35.5. The van der Waals surface area contributed by atoms with Gasteiger partial charge in [-0.15, -0.1) is 12.6 Å². The van der Waals surface area contributed by atoms with E-state index in [4.69, 9.17) is 23.2 Å². The van der Waals surface area contributed by atoms with Crippen molar-refractivity contribution in [2.75, 3.05) is 0 Å². The molecule has 1 aromatic rings. The average Bonchev–Trinajstić information content (AvgIpc) is 2.16. The van der Waals surface area contributed by atoms with E-state index in [0.717, 1.165) is 6.33 Å². The molecule has 0 aliphatic carbocycles. The number of aromatic nitrogens is 2. The topological polar surface area (TPSA) is 68.9 Å². The van der Waals surface area contributed by atoms with E-state index >= 15 is 0 Å². The molecule has 0 aromatic carbocycles. The quantitative estimate of drug-likeness (QED) is 0.299. The van der Waals surface area contributed by atoms with Crippen LogP contribution in [0.4, 0.5) is 0 Å². The lowest BCUT2D eigenvalue weighted by molar-refractivity contribution is -0.552. The number of thiol groups is 1. The van der Waals surface area contributed by atoms with E-state index in [9.17, 15) is 10.1 Å². The maximum absolute atomic E-state index is 10.9. The fourth-order valence-corrected chi connectivity index (χ4v) is 1.45. The standard InChI is InChI=1S/C7H7Cl2N3O2S/c1-6(8,15)7(9,12(13)14)5-2-3-10-4-11-5/h2-4,15H,1H3. The normalized spacial score (nSPS) is 18.9. The molecular weight excluding hydrogens is 261 g/mol. The molecule has 0 aliphatic rings. The minimum atomic E-state index is -2.10. The SMILES string of the molecule is CC(S)(Cl)C(Cl)(c1ccncn1)[N+](=O)[O-]. The zero-order chi connectivity index (χ0) is 11.7. The zero-order valence-electron chi connectivity index (χ0n) is 7.59. The van der Waals surface area contributed by atoms with E-state index in [1.165, 1.54) is 19.2 Å². The average molecular weight is 268 g/mol. The zero-order valence-corrected chi connectivity index (χ0v) is 10.00. The molecule has 0 saturated heterocycles. The monoisotopic (exact) mass is 267 g/mol. The minimum Gasteiger partial charge on any atom is -0.262 e. The van der Waals surface area contributed by atoms with Crippen LogP contribution in [0.5, 0.6) is 0 Å². The highest BCUT2D eigenvalue weighted by Gasteiger charge is 2.58. The molecule has 2 unspecified atom stereocenters. The van der Waals surface area contributed by atoms with E-state index in [0.29, 0.717) is 0 Å². The molecule has 0 saturated carbocycles. The third-order valence-electron chi connectivity index (χ3n) is 1.78. The molecule has 0 fully saturated rings. The van der Waals surface area contributed by atoms with E-state index in [1.54, 1.807) is 0 Å². The van der Waals surface area contributed by atoms with Gasteiger partial charge in [-0.3, -0.25) is 10.1 Å². The van der Waals surface area contributed by atoms with Crippen LogP contribution in [-0.4, -0.2) is 19.1 Å². The maximum Gasteiger partial charge on any atom is 0.364 e. The summed E-state index contributed by atoms with van der Waals surface area (Å²) in [6, 6.07) is 1.33. The van der Waals surface area contributed by atoms with Gasteiger partial charge >= 0.3 is 5.00 Å². The van der Waals surface area contributed by atoms with Gasteiger partial charge in [0.05, 0.1) is 4.92 Å². The Morgan fingerprint density at radius 2 is 2.20 bits per heavy atom. The molecule has 0 spiro atoms. The van der Waals surface area contributed by atoms with Gasteiger partial charge in [0.2, 0.25) is 0 Å². The number of hydrogen-bond acceptors (Lipinski definition) is 5. The minimum absolute atomic E-state index is 0.00309. The van der Waals surface area contributed by atoms with E-state index in [2.05, 4.69) is 22.6 Å². The van der Waals surface area contributed by atoms with Crippen LogP contribution < -0.4 is 0 Å². The molecule has 8 heteroatoms. The van der Waals surface area contributed by atoms with Crippen molar-refractivity contribution < 1.29 is 4.92 Å². The molecule has 82 valence electrons. The molecule has 0 bridgehead atoms. The van der Waals surface area contributed by atoms with Crippen LogP contribution in [0.3, 0.4) is 0 Å². The van der Waals surface area contributed by atoms with Crippen molar-refractivity contribution in [3.8, 4) is 0 Å². The number of alkyl halides is 2. The van der Waals surface area contributed by atoms with Crippen molar-refractivity contribution >= 4 is 35.8 Å². The van der Waals surface area contributed by atoms with Gasteiger partial charge in [0.25, 0.3) is 0 Å². The van der Waals surface area contributed by atoms with Crippen LogP contribution in [-0.2, 0) is 5.00 Å². The summed E-state index contributed by atoms with van der Waals surface area (Å²) in [5, 5.41) is 10.9. The lowest BCUT2D eigenvalue weighted by Crippen LogP contribution is -2.44. The Bertz CT molecular complexity index is 370. The highest BCUT2D eigenvalue weighted by Crippen LogP contribution is 2.45. The highest BCUT2D eigenvalue weighted by molar-refractivity contribution is 7.83. The Labute approximate surface area is 101 Å². The summed E-state index contributed by atoms with van der Waals surface area (Å²) in [6.07, 6.45) is 2.51. The smallest absolute Gasteiger partial charge is 0.262 e. The molecular formula is C7H7Cl2N3O2S. The lowest BCUT2D eigenvalue weighted by Gasteiger charge is -2.27. The fraction of sp³-hybridized carbons (Fsp3) is 0.429. The Morgan fingerprint density at radius 1 is 1.60 bits per heavy atom. The fourth-order valence-electron chi connectivity index (χ4n) is 0.981. The number of nitro groups is 1. The van der Waals surface area contributed by atoms with Crippen LogP contribution in [0.1, 0.15) is 12.6 Å². The third-order valence-corrected chi connectivity index (χ3v) is 3.31. The third kappa shape index (κ3) is 2.16. The molecule has 2 atom stereocenters. The Hall–Kier alpha value is -0.590. The summed E-state index contributed by atoms with van der Waals surface area (Å²) in [5.74, 6) is 0. The van der Waals surface area contributed by atoms with Gasteiger partial charge in [-0.2, -0.15) is 0 Å². The van der Waals surface area contributed by atoms with Crippen LogP contribution in [0, 0.1) is 10.1 Å². The predicted octanol–water partition coefficient (Wildman–Crippen LogP) is 2.03. The summed E-state index contributed by atoms with van der Waals surface area (Å²) in [5.41, 5.74) is -0.00309. The summed E-state index contributed by atoms with van der Waals surface area (Å²) < 4.78 is -1.58. The van der Waals surface area contributed by atoms with Gasteiger partial charge in [0.15, 0.2) is 4.21 Å². The van der Waals surface area contributed by atoms with Gasteiger partial charge in [-0.05, 0) is 24.6 Å². The number of nitrogens with zero attached hydrogens (tertiary/aromatic N) is 3. The second kappa shape index (κ2) is 4.11. The van der Waals surface area contributed by atoms with Gasteiger partial charge < -0.3 is 0 Å². The first-order chi connectivity index (χ1) is 6.80. The van der Waals surface area contributed by atoms with E-state index < -0.39 is 14.1 Å². The second-order valence-corrected chi connectivity index (χ2v) is 5.39. The molecule has 0 aliphatic heterocycles. The first-order valence-corrected chi connectivity index (χ1v) is 5.01. The van der Waals surface area contributed by atoms with Gasteiger partial charge in [0, 0.05) is 6.20 Å². The predicted molar refractivity (Wildman–Crippen MR) is 59.8 cm³/mol. The second-order valence-electron chi connectivity index (χ2n) is 2.93. The molecule has 0 N–H and O–H groups in total. The summed E-state index contributed by atoms with van der Waals surface area (Å²) >= 11 is 15.6. The van der Waals surface area contributed by atoms with E-state index in [1.807, 2.05) is 0 Å². The molecule has 5 nitrogen and oxygen atoms in total. The van der Waals surface area contributed by atoms with Crippen LogP contribution in [0.15, 0.2) is 18.6 Å².